The molecule has 118 valence electrons. The summed E-state index contributed by atoms with van der Waals surface area (Å²) in [6.45, 7) is -0.171. The normalized spacial score (nSPS) is 21.5. The van der Waals surface area contributed by atoms with Crippen molar-refractivity contribution in [2.75, 3.05) is 7.11 Å². The summed E-state index contributed by atoms with van der Waals surface area (Å²) in [5, 5.41) is 3.51. The number of carbonyl (C=O) groups is 1. The van der Waals surface area contributed by atoms with Crippen LogP contribution in [0.4, 0.5) is 22.0 Å². The second-order valence-electron chi connectivity index (χ2n) is 5.04. The molecule has 1 aliphatic carbocycles. The highest BCUT2D eigenvalue weighted by molar-refractivity contribution is 5.89. The number of halogens is 5. The van der Waals surface area contributed by atoms with Gasteiger partial charge >= 0.3 is 12.1 Å². The van der Waals surface area contributed by atoms with Gasteiger partial charge in [-0.05, 0) is 12.3 Å². The minimum absolute atomic E-state index is 0.171. The second kappa shape index (κ2) is 5.27. The maximum Gasteiger partial charge on any atom is 0.420 e. The molecule has 0 aromatic carbocycles. The van der Waals surface area contributed by atoms with Gasteiger partial charge in [0.2, 0.25) is 5.92 Å². The van der Waals surface area contributed by atoms with Crippen molar-refractivity contribution in [1.82, 2.24) is 9.78 Å². The topological polar surface area (TPSA) is 44.1 Å². The van der Waals surface area contributed by atoms with E-state index in [9.17, 15) is 26.7 Å². The summed E-state index contributed by atoms with van der Waals surface area (Å²) in [5.74, 6) is -4.52. The van der Waals surface area contributed by atoms with Gasteiger partial charge in [-0.25, -0.2) is 13.6 Å². The van der Waals surface area contributed by atoms with Crippen LogP contribution in [0.5, 0.6) is 0 Å². The zero-order valence-corrected chi connectivity index (χ0v) is 11.1. The molecule has 0 amide bonds. The fourth-order valence-electron chi connectivity index (χ4n) is 2.49. The number of ether oxygens (including phenoxy) is 1. The molecule has 2 rings (SSSR count). The molecule has 4 nitrogen and oxygen atoms in total. The molecule has 1 aromatic heterocycles. The number of hydrogen-bond acceptors (Lipinski definition) is 3. The van der Waals surface area contributed by atoms with E-state index in [1.165, 1.54) is 0 Å². The molecular weight excluding hydrogens is 299 g/mol. The van der Waals surface area contributed by atoms with Crippen LogP contribution in [-0.4, -0.2) is 28.8 Å². The lowest BCUT2D eigenvalue weighted by molar-refractivity contribution is -0.138. The highest BCUT2D eigenvalue weighted by Gasteiger charge is 2.42. The van der Waals surface area contributed by atoms with Gasteiger partial charge in [-0.1, -0.05) is 0 Å². The number of esters is 1. The second-order valence-corrected chi connectivity index (χ2v) is 5.04. The van der Waals surface area contributed by atoms with Crippen LogP contribution >= 0.6 is 0 Å². The molecule has 0 saturated heterocycles. The third-order valence-electron chi connectivity index (χ3n) is 3.46. The Morgan fingerprint density at radius 1 is 1.52 bits per heavy atom. The van der Waals surface area contributed by atoms with Gasteiger partial charge in [0.15, 0.2) is 5.69 Å². The molecule has 9 heteroatoms. The van der Waals surface area contributed by atoms with E-state index < -0.39 is 41.7 Å². The van der Waals surface area contributed by atoms with Crippen LogP contribution in [0, 0.1) is 5.92 Å². The van der Waals surface area contributed by atoms with Gasteiger partial charge in [-0.2, -0.15) is 18.3 Å². The van der Waals surface area contributed by atoms with Gasteiger partial charge in [0.05, 0.1) is 13.3 Å². The fraction of sp³-hybridized carbons (Fsp3) is 0.667. The molecule has 1 aromatic rings. The number of carbonyl (C=O) groups excluding carboxylic acids is 1. The standard InChI is InChI=1S/C12H13F5N2O2/c1-21-10(20)9-8(12(15,16)17)5-18-19(9)6-7-2-3-11(13,14)4-7/h5,7H,2-4,6H2,1H3. The van der Waals surface area contributed by atoms with Crippen LogP contribution in [0.3, 0.4) is 0 Å². The Labute approximate surface area is 116 Å². The zero-order chi connectivity index (χ0) is 15.8. The molecule has 0 radical (unpaired) electrons. The third-order valence-corrected chi connectivity index (χ3v) is 3.46. The van der Waals surface area contributed by atoms with Crippen molar-refractivity contribution in [2.24, 2.45) is 5.92 Å². The summed E-state index contributed by atoms with van der Waals surface area (Å²) in [6, 6.07) is 0. The molecule has 1 unspecified atom stereocenters. The molecular formula is C12H13F5N2O2. The van der Waals surface area contributed by atoms with Gasteiger partial charge in [0.1, 0.15) is 5.56 Å². The van der Waals surface area contributed by atoms with Crippen LogP contribution < -0.4 is 0 Å². The first kappa shape index (κ1) is 15.7. The van der Waals surface area contributed by atoms with E-state index in [1.807, 2.05) is 0 Å². The zero-order valence-electron chi connectivity index (χ0n) is 11.1. The molecule has 1 heterocycles. The lowest BCUT2D eigenvalue weighted by Crippen LogP contribution is -2.20. The van der Waals surface area contributed by atoms with Crippen molar-refractivity contribution >= 4 is 5.97 Å². The molecule has 1 aliphatic rings. The molecule has 1 fully saturated rings. The molecule has 21 heavy (non-hydrogen) atoms. The van der Waals surface area contributed by atoms with Crippen molar-refractivity contribution < 1.29 is 31.5 Å². The summed E-state index contributed by atoms with van der Waals surface area (Å²) < 4.78 is 69.8. The van der Waals surface area contributed by atoms with Gasteiger partial charge in [0, 0.05) is 19.4 Å². The highest BCUT2D eigenvalue weighted by Crippen LogP contribution is 2.40. The van der Waals surface area contributed by atoms with E-state index in [0.29, 0.717) is 6.20 Å². The van der Waals surface area contributed by atoms with E-state index >= 15 is 0 Å². The number of alkyl halides is 5. The summed E-state index contributed by atoms with van der Waals surface area (Å²) in [6.07, 6.45) is -4.80. The minimum atomic E-state index is -4.76. The first-order valence-electron chi connectivity index (χ1n) is 6.23. The van der Waals surface area contributed by atoms with Crippen LogP contribution in [0.15, 0.2) is 6.20 Å². The SMILES string of the molecule is COC(=O)c1c(C(F)(F)F)cnn1CC1CCC(F)(F)C1. The Morgan fingerprint density at radius 3 is 2.67 bits per heavy atom. The van der Waals surface area contributed by atoms with E-state index in [4.69, 9.17) is 0 Å². The van der Waals surface area contributed by atoms with Crippen molar-refractivity contribution in [3.63, 3.8) is 0 Å². The first-order valence-corrected chi connectivity index (χ1v) is 6.23. The van der Waals surface area contributed by atoms with Crippen LogP contribution in [0.2, 0.25) is 0 Å². The van der Waals surface area contributed by atoms with Crippen molar-refractivity contribution in [2.45, 2.75) is 37.9 Å². The number of hydrogen-bond donors (Lipinski definition) is 0. The number of rotatable bonds is 3. The smallest absolute Gasteiger partial charge is 0.420 e. The molecule has 1 atom stereocenters. The monoisotopic (exact) mass is 312 g/mol. The summed E-state index contributed by atoms with van der Waals surface area (Å²) >= 11 is 0. The molecule has 0 N–H and O–H groups in total. The van der Waals surface area contributed by atoms with Crippen molar-refractivity contribution in [3.05, 3.63) is 17.5 Å². The van der Waals surface area contributed by atoms with Crippen molar-refractivity contribution in [1.29, 1.82) is 0 Å². The fourth-order valence-corrected chi connectivity index (χ4v) is 2.49. The summed E-state index contributed by atoms with van der Waals surface area (Å²) in [5.41, 5.74) is -1.97. The maximum atomic E-state index is 13.1. The van der Waals surface area contributed by atoms with Gasteiger partial charge in [-0.15, -0.1) is 0 Å². The minimum Gasteiger partial charge on any atom is -0.464 e. The maximum absolute atomic E-state index is 13.1. The number of methoxy groups -OCH3 is 1. The quantitative estimate of drug-likeness (QED) is 0.636. The average molecular weight is 312 g/mol. The average Bonchev–Trinajstić information content (AvgIpc) is 2.92. The number of nitrogens with zero attached hydrogens (tertiary/aromatic N) is 2. The Kier molecular flexibility index (Phi) is 3.94. The first-order chi connectivity index (χ1) is 9.64. The Morgan fingerprint density at radius 2 is 2.19 bits per heavy atom. The lowest BCUT2D eigenvalue weighted by atomic mass is 10.1. The largest absolute Gasteiger partial charge is 0.464 e. The van der Waals surface area contributed by atoms with E-state index in [-0.39, 0.29) is 19.4 Å². The Hall–Kier alpha value is -1.67. The number of aromatic nitrogens is 2. The summed E-state index contributed by atoms with van der Waals surface area (Å²) in [7, 11) is 0.948. The van der Waals surface area contributed by atoms with Crippen molar-refractivity contribution in [3.8, 4) is 0 Å². The van der Waals surface area contributed by atoms with Crippen LogP contribution in [-0.2, 0) is 17.5 Å². The van der Waals surface area contributed by atoms with E-state index in [0.717, 1.165) is 11.8 Å². The predicted molar refractivity (Wildman–Crippen MR) is 60.9 cm³/mol. The third kappa shape index (κ3) is 3.33. The highest BCUT2D eigenvalue weighted by atomic mass is 19.4. The molecule has 0 spiro atoms. The Bertz CT molecular complexity index is 538. The molecule has 0 bridgehead atoms. The van der Waals surface area contributed by atoms with Crippen LogP contribution in [0.25, 0.3) is 0 Å². The van der Waals surface area contributed by atoms with Gasteiger partial charge in [-0.3, -0.25) is 4.68 Å². The summed E-state index contributed by atoms with van der Waals surface area (Å²) in [4.78, 5) is 11.5. The van der Waals surface area contributed by atoms with Gasteiger partial charge in [0.25, 0.3) is 0 Å². The van der Waals surface area contributed by atoms with E-state index in [1.54, 1.807) is 0 Å². The van der Waals surface area contributed by atoms with Gasteiger partial charge < -0.3 is 4.74 Å². The molecule has 0 aliphatic heterocycles. The lowest BCUT2D eigenvalue weighted by Gasteiger charge is -2.13. The molecule has 1 saturated carbocycles. The van der Waals surface area contributed by atoms with E-state index in [2.05, 4.69) is 9.84 Å². The Balaban J connectivity index is 2.28. The van der Waals surface area contributed by atoms with Crippen LogP contribution in [0.1, 0.15) is 35.3 Å². The predicted octanol–water partition coefficient (Wildman–Crippen LogP) is 3.12.